The molecule has 2 aromatic carbocycles. The lowest BCUT2D eigenvalue weighted by atomic mass is 10.1. The molecule has 0 aliphatic heterocycles. The van der Waals surface area contributed by atoms with Crippen LogP contribution in [0.25, 0.3) is 10.2 Å². The summed E-state index contributed by atoms with van der Waals surface area (Å²) in [6.07, 6.45) is 0. The van der Waals surface area contributed by atoms with Gasteiger partial charge in [0.2, 0.25) is 5.91 Å². The van der Waals surface area contributed by atoms with Gasteiger partial charge in [-0.15, -0.1) is 11.8 Å². The number of hydrogen-bond donors (Lipinski definition) is 1. The number of likely N-dealkylation sites (N-methyl/N-ethyl adjacent to an activating group) is 1. The fourth-order valence-electron chi connectivity index (χ4n) is 2.78. The summed E-state index contributed by atoms with van der Waals surface area (Å²) in [7, 11) is 4.14. The number of quaternary nitrogens is 1. The van der Waals surface area contributed by atoms with Crippen LogP contribution in [-0.4, -0.2) is 43.8 Å². The second-order valence-corrected chi connectivity index (χ2v) is 9.14. The van der Waals surface area contributed by atoms with Gasteiger partial charge in [-0.1, -0.05) is 23.5 Å². The van der Waals surface area contributed by atoms with Gasteiger partial charge >= 0.3 is 0 Å². The molecule has 1 aromatic heterocycles. The van der Waals surface area contributed by atoms with E-state index in [-0.39, 0.29) is 11.7 Å². The van der Waals surface area contributed by atoms with Gasteiger partial charge < -0.3 is 4.90 Å². The molecule has 0 atom stereocenters. The van der Waals surface area contributed by atoms with Crippen molar-refractivity contribution in [1.29, 1.82) is 0 Å². The lowest BCUT2D eigenvalue weighted by Gasteiger charge is -2.20. The summed E-state index contributed by atoms with van der Waals surface area (Å²) >= 11 is 3.00. The molecule has 1 heterocycles. The normalized spacial score (nSPS) is 11.4. The number of benzene rings is 2. The molecule has 4 nitrogen and oxygen atoms in total. The number of anilines is 1. The zero-order valence-electron chi connectivity index (χ0n) is 16.6. The van der Waals surface area contributed by atoms with Gasteiger partial charge in [0, 0.05) is 4.90 Å². The highest BCUT2D eigenvalue weighted by Gasteiger charge is 2.22. The van der Waals surface area contributed by atoms with E-state index in [1.807, 2.05) is 6.92 Å². The van der Waals surface area contributed by atoms with Gasteiger partial charge in [-0.3, -0.25) is 9.69 Å². The second-order valence-electron chi connectivity index (χ2n) is 7.12. The SMILES string of the molecule is Cc1ccc(C)c2sc(N(CC[NH+](C)C)C(=O)CSc3ccc(F)cc3)nc12. The van der Waals surface area contributed by atoms with Crippen molar-refractivity contribution < 1.29 is 14.1 Å². The predicted molar refractivity (Wildman–Crippen MR) is 116 cm³/mol. The molecule has 0 aliphatic carbocycles. The first kappa shape index (κ1) is 20.8. The van der Waals surface area contributed by atoms with E-state index in [0.717, 1.165) is 32.4 Å². The van der Waals surface area contributed by atoms with Crippen molar-refractivity contribution in [2.24, 2.45) is 0 Å². The molecule has 0 saturated carbocycles. The van der Waals surface area contributed by atoms with E-state index in [9.17, 15) is 9.18 Å². The molecule has 3 rings (SSSR count). The van der Waals surface area contributed by atoms with Crippen molar-refractivity contribution in [3.05, 3.63) is 53.3 Å². The average Bonchev–Trinajstić information content (AvgIpc) is 3.10. The minimum atomic E-state index is -0.272. The molecular weight excluding hydrogens is 393 g/mol. The van der Waals surface area contributed by atoms with Gasteiger partial charge in [0.25, 0.3) is 0 Å². The maximum Gasteiger partial charge on any atom is 0.239 e. The Morgan fingerprint density at radius 3 is 2.46 bits per heavy atom. The minimum absolute atomic E-state index is 0.0185. The fourth-order valence-corrected chi connectivity index (χ4v) is 4.71. The van der Waals surface area contributed by atoms with Crippen LogP contribution in [0.1, 0.15) is 11.1 Å². The molecule has 0 bridgehead atoms. The number of thioether (sulfide) groups is 1. The summed E-state index contributed by atoms with van der Waals surface area (Å²) in [6, 6.07) is 10.4. The number of carbonyl (C=O) groups excluding carboxylic acids is 1. The Labute approximate surface area is 173 Å². The van der Waals surface area contributed by atoms with Crippen molar-refractivity contribution in [1.82, 2.24) is 4.98 Å². The summed E-state index contributed by atoms with van der Waals surface area (Å²) in [4.78, 5) is 21.8. The highest BCUT2D eigenvalue weighted by molar-refractivity contribution is 8.00. The zero-order chi connectivity index (χ0) is 20.3. The number of amides is 1. The number of nitrogens with zero attached hydrogens (tertiary/aromatic N) is 2. The summed E-state index contributed by atoms with van der Waals surface area (Å²) in [6.45, 7) is 5.57. The van der Waals surface area contributed by atoms with Crippen LogP contribution < -0.4 is 9.80 Å². The molecule has 0 fully saturated rings. The molecule has 3 aromatic rings. The second kappa shape index (κ2) is 9.03. The summed E-state index contributed by atoms with van der Waals surface area (Å²) < 4.78 is 14.2. The summed E-state index contributed by atoms with van der Waals surface area (Å²) in [5.74, 6) is 0.0406. The van der Waals surface area contributed by atoms with Crippen LogP contribution in [0.2, 0.25) is 0 Å². The number of halogens is 1. The first-order chi connectivity index (χ1) is 13.3. The van der Waals surface area contributed by atoms with Crippen LogP contribution in [0, 0.1) is 19.7 Å². The molecule has 0 saturated heterocycles. The van der Waals surface area contributed by atoms with Crippen LogP contribution >= 0.6 is 23.1 Å². The maximum absolute atomic E-state index is 13.1. The Bertz CT molecular complexity index is 931. The summed E-state index contributed by atoms with van der Waals surface area (Å²) in [5, 5.41) is 0.748. The van der Waals surface area contributed by atoms with E-state index < -0.39 is 0 Å². The molecule has 28 heavy (non-hydrogen) atoms. The largest absolute Gasteiger partial charge is 0.338 e. The Morgan fingerprint density at radius 1 is 1.14 bits per heavy atom. The van der Waals surface area contributed by atoms with Gasteiger partial charge in [-0.2, -0.15) is 0 Å². The molecule has 0 aliphatic rings. The number of thiazole rings is 1. The standard InChI is InChI=1S/C21H24FN3OS2/c1-14-5-6-15(2)20-19(14)23-21(28-20)25(12-11-24(3)4)18(26)13-27-17-9-7-16(22)8-10-17/h5-10H,11-13H2,1-4H3/p+1. The van der Waals surface area contributed by atoms with E-state index in [2.05, 4.69) is 33.2 Å². The van der Waals surface area contributed by atoms with Crippen molar-refractivity contribution in [2.75, 3.05) is 37.8 Å². The third kappa shape index (κ3) is 4.90. The van der Waals surface area contributed by atoms with E-state index in [1.165, 1.54) is 34.4 Å². The van der Waals surface area contributed by atoms with E-state index in [1.54, 1.807) is 28.4 Å². The van der Waals surface area contributed by atoms with Crippen molar-refractivity contribution >= 4 is 44.4 Å². The summed E-state index contributed by atoms with van der Waals surface area (Å²) in [5.41, 5.74) is 3.27. The maximum atomic E-state index is 13.1. The van der Waals surface area contributed by atoms with E-state index >= 15 is 0 Å². The number of carbonyl (C=O) groups is 1. The number of aromatic nitrogens is 1. The highest BCUT2D eigenvalue weighted by Crippen LogP contribution is 2.33. The zero-order valence-corrected chi connectivity index (χ0v) is 18.2. The quantitative estimate of drug-likeness (QED) is 0.598. The predicted octanol–water partition coefficient (Wildman–Crippen LogP) is 3.32. The van der Waals surface area contributed by atoms with Crippen LogP contribution in [0.4, 0.5) is 9.52 Å². The number of aryl methyl sites for hydroxylation is 2. The van der Waals surface area contributed by atoms with Crippen LogP contribution in [0.15, 0.2) is 41.3 Å². The van der Waals surface area contributed by atoms with Crippen LogP contribution in [0.5, 0.6) is 0 Å². The fraction of sp³-hybridized carbons (Fsp3) is 0.333. The topological polar surface area (TPSA) is 37.6 Å². The Balaban J connectivity index is 1.83. The first-order valence-electron chi connectivity index (χ1n) is 9.19. The minimum Gasteiger partial charge on any atom is -0.338 e. The third-order valence-electron chi connectivity index (χ3n) is 4.47. The van der Waals surface area contributed by atoms with Gasteiger partial charge in [0.05, 0.1) is 43.2 Å². The van der Waals surface area contributed by atoms with Crippen molar-refractivity contribution in [3.63, 3.8) is 0 Å². The van der Waals surface area contributed by atoms with Crippen molar-refractivity contribution in [2.45, 2.75) is 18.7 Å². The molecule has 148 valence electrons. The smallest absolute Gasteiger partial charge is 0.239 e. The monoisotopic (exact) mass is 418 g/mol. The Kier molecular flexibility index (Phi) is 6.69. The van der Waals surface area contributed by atoms with Crippen molar-refractivity contribution in [3.8, 4) is 0 Å². The van der Waals surface area contributed by atoms with Crippen LogP contribution in [0.3, 0.4) is 0 Å². The number of nitrogens with one attached hydrogen (secondary N) is 1. The lowest BCUT2D eigenvalue weighted by Crippen LogP contribution is -3.06. The van der Waals surface area contributed by atoms with Crippen LogP contribution in [-0.2, 0) is 4.79 Å². The molecule has 0 radical (unpaired) electrons. The first-order valence-corrected chi connectivity index (χ1v) is 11.0. The molecule has 0 unspecified atom stereocenters. The van der Waals surface area contributed by atoms with Gasteiger partial charge in [0.15, 0.2) is 5.13 Å². The average molecular weight is 419 g/mol. The van der Waals surface area contributed by atoms with E-state index in [0.29, 0.717) is 12.3 Å². The molecular formula is C21H25FN3OS2+. The Morgan fingerprint density at radius 2 is 1.82 bits per heavy atom. The van der Waals surface area contributed by atoms with Gasteiger partial charge in [0.1, 0.15) is 5.82 Å². The lowest BCUT2D eigenvalue weighted by molar-refractivity contribution is -0.856. The molecule has 0 spiro atoms. The molecule has 1 N–H and O–H groups in total. The number of hydrogen-bond acceptors (Lipinski definition) is 4. The Hall–Kier alpha value is -1.96. The molecule has 1 amide bonds. The van der Waals surface area contributed by atoms with Gasteiger partial charge in [-0.25, -0.2) is 9.37 Å². The van der Waals surface area contributed by atoms with E-state index in [4.69, 9.17) is 4.98 Å². The third-order valence-corrected chi connectivity index (χ3v) is 6.68. The van der Waals surface area contributed by atoms with Gasteiger partial charge in [-0.05, 0) is 49.2 Å². The number of fused-ring (bicyclic) bond motifs is 1. The number of rotatable bonds is 7. The molecule has 7 heteroatoms. The highest BCUT2D eigenvalue weighted by atomic mass is 32.2.